The number of rotatable bonds is 3. The van der Waals surface area contributed by atoms with Crippen molar-refractivity contribution in [1.82, 2.24) is 5.32 Å². The Bertz CT molecular complexity index is 488. The van der Waals surface area contributed by atoms with E-state index in [0.717, 1.165) is 11.3 Å². The Morgan fingerprint density at radius 3 is 2.84 bits per heavy atom. The summed E-state index contributed by atoms with van der Waals surface area (Å²) in [7, 11) is 0. The minimum absolute atomic E-state index is 0.0907. The molecule has 1 amide bonds. The van der Waals surface area contributed by atoms with Gasteiger partial charge in [-0.1, -0.05) is 6.07 Å². The first kappa shape index (κ1) is 13.5. The van der Waals surface area contributed by atoms with E-state index in [-0.39, 0.29) is 6.54 Å². The molecular weight excluding hydrogens is 259 g/mol. The highest BCUT2D eigenvalue weighted by Gasteiger charge is 2.29. The molecule has 0 fully saturated rings. The molecular formula is C12H14F3N3O. The van der Waals surface area contributed by atoms with Gasteiger partial charge in [-0.15, -0.1) is 0 Å². The molecule has 0 bridgehead atoms. The first-order chi connectivity index (χ1) is 8.87. The van der Waals surface area contributed by atoms with Gasteiger partial charge in [0.25, 0.3) is 0 Å². The lowest BCUT2D eigenvalue weighted by Gasteiger charge is -2.19. The first-order valence-corrected chi connectivity index (χ1v) is 5.82. The number of anilines is 2. The maximum absolute atomic E-state index is 12.0. The molecule has 1 aliphatic rings. The molecule has 1 aliphatic heterocycles. The Kier molecular flexibility index (Phi) is 3.55. The average Bonchev–Trinajstić information content (AvgIpc) is 2.71. The van der Waals surface area contributed by atoms with Crippen molar-refractivity contribution in [2.24, 2.45) is 0 Å². The zero-order valence-corrected chi connectivity index (χ0v) is 10.1. The number of alkyl halides is 3. The number of nitrogens with one attached hydrogen (secondary N) is 1. The molecule has 0 saturated heterocycles. The molecule has 1 aromatic rings. The number of benzene rings is 1. The van der Waals surface area contributed by atoms with Crippen molar-refractivity contribution in [3.8, 4) is 0 Å². The van der Waals surface area contributed by atoms with Gasteiger partial charge in [-0.2, -0.15) is 13.2 Å². The molecule has 1 heterocycles. The zero-order valence-electron chi connectivity index (χ0n) is 10.1. The Morgan fingerprint density at radius 1 is 1.42 bits per heavy atom. The molecule has 3 N–H and O–H groups in total. The highest BCUT2D eigenvalue weighted by atomic mass is 19.4. The summed E-state index contributed by atoms with van der Waals surface area (Å²) in [5.74, 6) is -0.646. The van der Waals surface area contributed by atoms with Crippen LogP contribution >= 0.6 is 0 Å². The molecule has 0 atom stereocenters. The predicted octanol–water partition coefficient (Wildman–Crippen LogP) is 1.31. The average molecular weight is 273 g/mol. The molecule has 0 aromatic heterocycles. The smallest absolute Gasteiger partial charge is 0.398 e. The number of carbonyl (C=O) groups excluding carboxylic acids is 1. The van der Waals surface area contributed by atoms with Crippen molar-refractivity contribution in [3.05, 3.63) is 23.8 Å². The van der Waals surface area contributed by atoms with E-state index in [1.54, 1.807) is 17.0 Å². The van der Waals surface area contributed by atoms with Gasteiger partial charge in [-0.25, -0.2) is 0 Å². The fourth-order valence-electron chi connectivity index (χ4n) is 2.12. The van der Waals surface area contributed by atoms with Crippen LogP contribution in [0.15, 0.2) is 18.2 Å². The minimum atomic E-state index is -4.39. The number of hydrogen-bond donors (Lipinski definition) is 2. The lowest BCUT2D eigenvalue weighted by Crippen LogP contribution is -2.40. The monoisotopic (exact) mass is 273 g/mol. The van der Waals surface area contributed by atoms with Crippen LogP contribution in [0.4, 0.5) is 24.5 Å². The predicted molar refractivity (Wildman–Crippen MR) is 65.8 cm³/mol. The molecule has 0 saturated carbocycles. The van der Waals surface area contributed by atoms with E-state index in [1.165, 1.54) is 0 Å². The van der Waals surface area contributed by atoms with E-state index < -0.39 is 18.6 Å². The number of halogens is 3. The Labute approximate surface area is 108 Å². The lowest BCUT2D eigenvalue weighted by atomic mass is 10.1. The summed E-state index contributed by atoms with van der Waals surface area (Å²) in [5.41, 5.74) is 8.23. The van der Waals surface area contributed by atoms with Crippen molar-refractivity contribution in [1.29, 1.82) is 0 Å². The molecule has 0 aliphatic carbocycles. The number of hydrogen-bond acceptors (Lipinski definition) is 3. The maximum Gasteiger partial charge on any atom is 0.405 e. The van der Waals surface area contributed by atoms with E-state index in [4.69, 9.17) is 5.73 Å². The number of fused-ring (bicyclic) bond motifs is 1. The number of amides is 1. The molecule has 0 spiro atoms. The van der Waals surface area contributed by atoms with Crippen LogP contribution < -0.4 is 16.0 Å². The van der Waals surface area contributed by atoms with E-state index in [0.29, 0.717) is 18.7 Å². The third-order valence-electron chi connectivity index (χ3n) is 2.98. The van der Waals surface area contributed by atoms with E-state index in [2.05, 4.69) is 0 Å². The van der Waals surface area contributed by atoms with Crippen LogP contribution in [0, 0.1) is 0 Å². The van der Waals surface area contributed by atoms with Crippen LogP contribution in [0.5, 0.6) is 0 Å². The number of nitrogens with two attached hydrogens (primary N) is 1. The second-order valence-corrected chi connectivity index (χ2v) is 4.41. The SMILES string of the molecule is Nc1cccc2c1CCN2CC(=O)NCC(F)(F)F. The summed E-state index contributed by atoms with van der Waals surface area (Å²) < 4.78 is 35.9. The number of carbonyl (C=O) groups is 1. The van der Waals surface area contributed by atoms with Gasteiger partial charge in [0.1, 0.15) is 6.54 Å². The standard InChI is InChI=1S/C12H14F3N3O/c13-12(14,15)7-17-11(19)6-18-5-4-8-9(16)2-1-3-10(8)18/h1-3H,4-7,16H2,(H,17,19). The summed E-state index contributed by atoms with van der Waals surface area (Å²) >= 11 is 0. The van der Waals surface area contributed by atoms with Gasteiger partial charge >= 0.3 is 6.18 Å². The quantitative estimate of drug-likeness (QED) is 0.816. The molecule has 4 nitrogen and oxygen atoms in total. The highest BCUT2D eigenvalue weighted by molar-refractivity contribution is 5.83. The topological polar surface area (TPSA) is 58.4 Å². The highest BCUT2D eigenvalue weighted by Crippen LogP contribution is 2.31. The van der Waals surface area contributed by atoms with Crippen molar-refractivity contribution in [2.75, 3.05) is 30.3 Å². The molecule has 0 unspecified atom stereocenters. The van der Waals surface area contributed by atoms with Crippen LogP contribution in [0.25, 0.3) is 0 Å². The zero-order chi connectivity index (χ0) is 14.0. The molecule has 0 radical (unpaired) electrons. The van der Waals surface area contributed by atoms with Gasteiger partial charge in [-0.05, 0) is 18.6 Å². The molecule has 19 heavy (non-hydrogen) atoms. The summed E-state index contributed by atoms with van der Waals surface area (Å²) in [6.45, 7) is -0.807. The van der Waals surface area contributed by atoms with Crippen LogP contribution in [0.3, 0.4) is 0 Å². The van der Waals surface area contributed by atoms with Crippen molar-refractivity contribution < 1.29 is 18.0 Å². The summed E-state index contributed by atoms with van der Waals surface area (Å²) in [6.07, 6.45) is -3.68. The third kappa shape index (κ3) is 3.30. The second kappa shape index (κ2) is 4.99. The molecule has 104 valence electrons. The Hall–Kier alpha value is -1.92. The van der Waals surface area contributed by atoms with Crippen LogP contribution in [0.2, 0.25) is 0 Å². The fraction of sp³-hybridized carbons (Fsp3) is 0.417. The van der Waals surface area contributed by atoms with Crippen molar-refractivity contribution in [3.63, 3.8) is 0 Å². The lowest BCUT2D eigenvalue weighted by molar-refractivity contribution is -0.137. The summed E-state index contributed by atoms with van der Waals surface area (Å²) in [5, 5.41) is 1.86. The second-order valence-electron chi connectivity index (χ2n) is 4.41. The summed E-state index contributed by atoms with van der Waals surface area (Å²) in [6, 6.07) is 5.35. The molecule has 7 heteroatoms. The Balaban J connectivity index is 1.96. The summed E-state index contributed by atoms with van der Waals surface area (Å²) in [4.78, 5) is 13.2. The largest absolute Gasteiger partial charge is 0.405 e. The van der Waals surface area contributed by atoms with Gasteiger partial charge in [0.2, 0.25) is 5.91 Å². The Morgan fingerprint density at radius 2 is 2.16 bits per heavy atom. The van der Waals surface area contributed by atoms with Gasteiger partial charge in [0.15, 0.2) is 0 Å². The normalized spacial score (nSPS) is 14.4. The van der Waals surface area contributed by atoms with Crippen molar-refractivity contribution in [2.45, 2.75) is 12.6 Å². The van der Waals surface area contributed by atoms with Gasteiger partial charge in [-0.3, -0.25) is 4.79 Å². The van der Waals surface area contributed by atoms with E-state index >= 15 is 0 Å². The van der Waals surface area contributed by atoms with Crippen LogP contribution in [-0.4, -0.2) is 31.7 Å². The van der Waals surface area contributed by atoms with Gasteiger partial charge < -0.3 is 16.0 Å². The van der Waals surface area contributed by atoms with Gasteiger partial charge in [0.05, 0.1) is 6.54 Å². The van der Waals surface area contributed by atoms with Crippen LogP contribution in [0.1, 0.15) is 5.56 Å². The molecule has 1 aromatic carbocycles. The number of nitrogens with zero attached hydrogens (tertiary/aromatic N) is 1. The van der Waals surface area contributed by atoms with E-state index in [9.17, 15) is 18.0 Å². The van der Waals surface area contributed by atoms with Crippen LogP contribution in [-0.2, 0) is 11.2 Å². The third-order valence-corrected chi connectivity index (χ3v) is 2.98. The maximum atomic E-state index is 12.0. The molecule has 2 rings (SSSR count). The van der Waals surface area contributed by atoms with E-state index in [1.807, 2.05) is 11.4 Å². The van der Waals surface area contributed by atoms with Gasteiger partial charge in [0, 0.05) is 23.5 Å². The van der Waals surface area contributed by atoms with Crippen molar-refractivity contribution >= 4 is 17.3 Å². The first-order valence-electron chi connectivity index (χ1n) is 5.82. The fourth-order valence-corrected chi connectivity index (χ4v) is 2.12. The minimum Gasteiger partial charge on any atom is -0.398 e. The number of nitrogen functional groups attached to an aromatic ring is 1.